The molecule has 1 aliphatic heterocycles. The number of rotatable bonds is 7. The fourth-order valence-electron chi connectivity index (χ4n) is 3.06. The molecule has 1 fully saturated rings. The molecule has 0 aliphatic carbocycles. The van der Waals surface area contributed by atoms with Crippen molar-refractivity contribution in [2.45, 2.75) is 6.36 Å². The van der Waals surface area contributed by atoms with E-state index in [1.165, 1.54) is 18.5 Å². The van der Waals surface area contributed by atoms with Crippen LogP contribution >= 0.6 is 0 Å². The van der Waals surface area contributed by atoms with Gasteiger partial charge in [-0.1, -0.05) is 0 Å². The lowest BCUT2D eigenvalue weighted by molar-refractivity contribution is -0.383. The summed E-state index contributed by atoms with van der Waals surface area (Å²) >= 11 is 0. The monoisotopic (exact) mass is 428 g/mol. The lowest BCUT2D eigenvalue weighted by atomic mass is 10.2. The van der Waals surface area contributed by atoms with Crippen LogP contribution in [-0.4, -0.2) is 70.6 Å². The quantitative estimate of drug-likeness (QED) is 0.505. The van der Waals surface area contributed by atoms with Crippen molar-refractivity contribution in [3.05, 3.63) is 40.7 Å². The van der Waals surface area contributed by atoms with E-state index in [1.54, 1.807) is 4.90 Å². The van der Waals surface area contributed by atoms with Crippen LogP contribution in [0.25, 0.3) is 0 Å². The predicted octanol–water partition coefficient (Wildman–Crippen LogP) is 2.14. The molecule has 3 rings (SSSR count). The van der Waals surface area contributed by atoms with Crippen LogP contribution in [0.3, 0.4) is 0 Å². The number of hydrogen-bond acceptors (Lipinski definition) is 9. The third-order valence-corrected chi connectivity index (χ3v) is 4.42. The summed E-state index contributed by atoms with van der Waals surface area (Å²) in [6.45, 7) is 2.77. The van der Waals surface area contributed by atoms with Crippen molar-refractivity contribution >= 4 is 23.0 Å². The number of aliphatic hydroxyl groups excluding tert-OH is 1. The van der Waals surface area contributed by atoms with Crippen molar-refractivity contribution in [3.63, 3.8) is 0 Å². The molecule has 0 atom stereocenters. The van der Waals surface area contributed by atoms with E-state index in [4.69, 9.17) is 5.11 Å². The van der Waals surface area contributed by atoms with Gasteiger partial charge in [-0.3, -0.25) is 15.0 Å². The molecule has 2 heterocycles. The number of piperazine rings is 1. The number of β-amino-alcohol motifs (C(OH)–C–C–N with tert-alkyl or cyclic N) is 1. The minimum absolute atomic E-state index is 0.0362. The first kappa shape index (κ1) is 21.5. The molecule has 30 heavy (non-hydrogen) atoms. The second-order valence-corrected chi connectivity index (χ2v) is 6.40. The van der Waals surface area contributed by atoms with E-state index in [0.29, 0.717) is 38.4 Å². The third-order valence-electron chi connectivity index (χ3n) is 4.42. The van der Waals surface area contributed by atoms with Gasteiger partial charge in [0.05, 0.1) is 11.5 Å². The fourth-order valence-corrected chi connectivity index (χ4v) is 3.06. The highest BCUT2D eigenvalue weighted by atomic mass is 19.4. The molecule has 13 heteroatoms. The molecule has 0 radical (unpaired) electrons. The van der Waals surface area contributed by atoms with Gasteiger partial charge in [-0.05, 0) is 24.3 Å². The van der Waals surface area contributed by atoms with Gasteiger partial charge in [-0.2, -0.15) is 0 Å². The maximum absolute atomic E-state index is 12.3. The molecule has 0 unspecified atom stereocenters. The molecule has 0 amide bonds. The van der Waals surface area contributed by atoms with E-state index in [2.05, 4.69) is 20.0 Å². The number of aromatic nitrogens is 2. The Labute approximate surface area is 169 Å². The van der Waals surface area contributed by atoms with Crippen molar-refractivity contribution in [1.82, 2.24) is 14.9 Å². The topological polar surface area (TPSA) is 117 Å². The van der Waals surface area contributed by atoms with Crippen LogP contribution in [0.4, 0.5) is 36.2 Å². The number of hydrogen-bond donors (Lipinski definition) is 2. The molecule has 2 aromatic rings. The molecule has 0 saturated carbocycles. The van der Waals surface area contributed by atoms with Crippen LogP contribution in [-0.2, 0) is 0 Å². The zero-order chi connectivity index (χ0) is 21.7. The zero-order valence-electron chi connectivity index (χ0n) is 15.7. The van der Waals surface area contributed by atoms with E-state index in [0.717, 1.165) is 12.1 Å². The number of anilines is 3. The summed E-state index contributed by atoms with van der Waals surface area (Å²) in [6.07, 6.45) is -3.62. The highest BCUT2D eigenvalue weighted by molar-refractivity contribution is 5.74. The minimum atomic E-state index is -4.81. The van der Waals surface area contributed by atoms with Crippen molar-refractivity contribution in [2.24, 2.45) is 0 Å². The van der Waals surface area contributed by atoms with Gasteiger partial charge in [-0.15, -0.1) is 13.2 Å². The van der Waals surface area contributed by atoms with E-state index >= 15 is 0 Å². The summed E-state index contributed by atoms with van der Waals surface area (Å²) in [5, 5.41) is 23.5. The highest BCUT2D eigenvalue weighted by Gasteiger charge is 2.31. The smallest absolute Gasteiger partial charge is 0.406 e. The maximum Gasteiger partial charge on any atom is 0.573 e. The Morgan fingerprint density at radius 1 is 1.17 bits per heavy atom. The molecule has 0 spiro atoms. The maximum atomic E-state index is 12.3. The van der Waals surface area contributed by atoms with Gasteiger partial charge in [0.1, 0.15) is 12.1 Å². The standard InChI is InChI=1S/C17H19F3N6O4/c18-17(19,20)30-13-3-1-12(2-4-13)23-15-14(26(28)29)16(22-11-21-15)25-7-5-24(6-8-25)9-10-27/h1-4,11,27H,5-10H2,(H,21,22,23). The molecular formula is C17H19F3N6O4. The van der Waals surface area contributed by atoms with Gasteiger partial charge in [0.15, 0.2) is 0 Å². The average Bonchev–Trinajstić information content (AvgIpc) is 2.69. The summed E-state index contributed by atoms with van der Waals surface area (Å²) in [4.78, 5) is 22.9. The van der Waals surface area contributed by atoms with Gasteiger partial charge in [0.2, 0.25) is 11.6 Å². The SMILES string of the molecule is O=[N+]([O-])c1c(Nc2ccc(OC(F)(F)F)cc2)ncnc1N1CCN(CCO)CC1. The number of benzene rings is 1. The molecule has 1 aromatic carbocycles. The Kier molecular flexibility index (Phi) is 6.52. The van der Waals surface area contributed by atoms with E-state index in [1.807, 2.05) is 4.90 Å². The summed E-state index contributed by atoms with van der Waals surface area (Å²) in [6, 6.07) is 4.76. The normalized spacial score (nSPS) is 15.1. The summed E-state index contributed by atoms with van der Waals surface area (Å²) in [5.41, 5.74) is -0.0336. The van der Waals surface area contributed by atoms with Crippen molar-refractivity contribution in [3.8, 4) is 5.75 Å². The fraction of sp³-hybridized carbons (Fsp3) is 0.412. The van der Waals surface area contributed by atoms with Gasteiger partial charge in [0, 0.05) is 38.4 Å². The predicted molar refractivity (Wildman–Crippen MR) is 101 cm³/mol. The molecule has 2 N–H and O–H groups in total. The van der Waals surface area contributed by atoms with Crippen LogP contribution in [0.1, 0.15) is 0 Å². The Hall–Kier alpha value is -3.19. The molecule has 0 bridgehead atoms. The lowest BCUT2D eigenvalue weighted by Gasteiger charge is -2.34. The summed E-state index contributed by atoms with van der Waals surface area (Å²) in [7, 11) is 0. The van der Waals surface area contributed by atoms with Gasteiger partial charge >= 0.3 is 12.0 Å². The number of nitrogens with zero attached hydrogens (tertiary/aromatic N) is 5. The van der Waals surface area contributed by atoms with Crippen LogP contribution < -0.4 is 15.0 Å². The molecule has 1 saturated heterocycles. The molecular weight excluding hydrogens is 409 g/mol. The summed E-state index contributed by atoms with van der Waals surface area (Å²) in [5.74, 6) is -0.336. The molecule has 1 aromatic heterocycles. The molecule has 162 valence electrons. The Bertz CT molecular complexity index is 873. The second kappa shape index (κ2) is 9.09. The van der Waals surface area contributed by atoms with Crippen molar-refractivity contribution < 1.29 is 27.9 Å². The second-order valence-electron chi connectivity index (χ2n) is 6.40. The number of nitrogens with one attached hydrogen (secondary N) is 1. The number of ether oxygens (including phenoxy) is 1. The van der Waals surface area contributed by atoms with Gasteiger partial charge < -0.3 is 20.1 Å². The van der Waals surface area contributed by atoms with E-state index in [-0.39, 0.29) is 23.9 Å². The van der Waals surface area contributed by atoms with Crippen LogP contribution in [0.5, 0.6) is 5.75 Å². The first-order valence-corrected chi connectivity index (χ1v) is 8.97. The van der Waals surface area contributed by atoms with E-state index < -0.39 is 17.0 Å². The van der Waals surface area contributed by atoms with Crippen LogP contribution in [0.2, 0.25) is 0 Å². The first-order valence-electron chi connectivity index (χ1n) is 8.97. The number of aliphatic hydroxyl groups is 1. The van der Waals surface area contributed by atoms with Crippen LogP contribution in [0, 0.1) is 10.1 Å². The Morgan fingerprint density at radius 2 is 1.83 bits per heavy atom. The molecule has 1 aliphatic rings. The Morgan fingerprint density at radius 3 is 2.40 bits per heavy atom. The zero-order valence-corrected chi connectivity index (χ0v) is 15.7. The largest absolute Gasteiger partial charge is 0.573 e. The number of nitro groups is 1. The third kappa shape index (κ3) is 5.45. The van der Waals surface area contributed by atoms with Crippen molar-refractivity contribution in [2.75, 3.05) is 49.5 Å². The molecule has 10 nitrogen and oxygen atoms in total. The number of halogens is 3. The minimum Gasteiger partial charge on any atom is -0.406 e. The Balaban J connectivity index is 1.79. The van der Waals surface area contributed by atoms with Crippen molar-refractivity contribution in [1.29, 1.82) is 0 Å². The van der Waals surface area contributed by atoms with Gasteiger partial charge in [0.25, 0.3) is 0 Å². The van der Waals surface area contributed by atoms with Gasteiger partial charge in [-0.25, -0.2) is 9.97 Å². The lowest BCUT2D eigenvalue weighted by Crippen LogP contribution is -2.47. The first-order chi connectivity index (χ1) is 14.3. The highest BCUT2D eigenvalue weighted by Crippen LogP contribution is 2.34. The van der Waals surface area contributed by atoms with Crippen LogP contribution in [0.15, 0.2) is 30.6 Å². The number of alkyl halides is 3. The van der Waals surface area contributed by atoms with E-state index in [9.17, 15) is 23.3 Å². The summed E-state index contributed by atoms with van der Waals surface area (Å²) < 4.78 is 40.6. The average molecular weight is 428 g/mol.